The first-order chi connectivity index (χ1) is 14.5. The second kappa shape index (κ2) is 6.66. The van der Waals surface area contributed by atoms with Crippen LogP contribution in [-0.4, -0.2) is 50.8 Å². The molecule has 6 fully saturated rings. The van der Waals surface area contributed by atoms with Crippen molar-refractivity contribution in [3.05, 3.63) is 0 Å². The van der Waals surface area contributed by atoms with Gasteiger partial charge >= 0.3 is 0 Å². The molecule has 0 aromatic heterocycles. The Hall–Kier alpha value is -0.690. The van der Waals surface area contributed by atoms with Crippen molar-refractivity contribution < 1.29 is 23.8 Å². The third-order valence-electron chi connectivity index (χ3n) is 10.2. The van der Waals surface area contributed by atoms with Crippen LogP contribution >= 0.6 is 0 Å². The van der Waals surface area contributed by atoms with Crippen LogP contribution in [0.25, 0.3) is 0 Å². The Morgan fingerprint density at radius 3 is 2.37 bits per heavy atom. The van der Waals surface area contributed by atoms with Gasteiger partial charge in [0.2, 0.25) is 11.6 Å². The number of ether oxygens (including phenoxy) is 4. The van der Waals surface area contributed by atoms with E-state index in [1.54, 1.807) is 7.11 Å². The maximum atomic E-state index is 6.52. The Morgan fingerprint density at radius 1 is 0.900 bits per heavy atom. The Labute approximate surface area is 180 Å². The fraction of sp³-hybridized carbons (Fsp3) is 0.958. The van der Waals surface area contributed by atoms with E-state index in [1.807, 2.05) is 0 Å². The minimum absolute atomic E-state index is 0.106. The predicted octanol–water partition coefficient (Wildman–Crippen LogP) is 4.13. The quantitative estimate of drug-likeness (QED) is 0.598. The highest BCUT2D eigenvalue weighted by Crippen LogP contribution is 2.72. The molecule has 2 aliphatic heterocycles. The molecule has 1 unspecified atom stereocenters. The van der Waals surface area contributed by atoms with Gasteiger partial charge in [0.25, 0.3) is 0 Å². The van der Waals surface area contributed by atoms with E-state index >= 15 is 0 Å². The van der Waals surface area contributed by atoms with Gasteiger partial charge in [-0.15, -0.1) is 0 Å². The molecular formula is C24H37NO5. The van der Waals surface area contributed by atoms with Gasteiger partial charge in [0.1, 0.15) is 7.11 Å². The zero-order valence-electron chi connectivity index (χ0n) is 18.8. The Bertz CT molecular complexity index is 727. The summed E-state index contributed by atoms with van der Waals surface area (Å²) in [5.74, 6) is 0.754. The molecule has 168 valence electrons. The van der Waals surface area contributed by atoms with Crippen LogP contribution in [0, 0.1) is 34.5 Å². The molecule has 0 aromatic carbocycles. The molecule has 0 radical (unpaired) electrons. The Balaban J connectivity index is 1.44. The molecule has 0 N–H and O–H groups in total. The topological polar surface area (TPSA) is 58.5 Å². The average Bonchev–Trinajstić information content (AvgIpc) is 3.00. The van der Waals surface area contributed by atoms with E-state index in [2.05, 4.69) is 19.0 Å². The van der Waals surface area contributed by atoms with E-state index in [4.69, 9.17) is 23.8 Å². The summed E-state index contributed by atoms with van der Waals surface area (Å²) in [4.78, 5) is 5.37. The molecule has 6 aliphatic rings. The van der Waals surface area contributed by atoms with E-state index in [9.17, 15) is 0 Å². The van der Waals surface area contributed by atoms with E-state index in [0.717, 1.165) is 19.3 Å². The van der Waals surface area contributed by atoms with Crippen molar-refractivity contribution in [2.75, 3.05) is 33.5 Å². The summed E-state index contributed by atoms with van der Waals surface area (Å²) in [5.41, 5.74) is 1.50. The largest absolute Gasteiger partial charge is 0.399 e. The number of hydrogen-bond acceptors (Lipinski definition) is 6. The maximum Gasteiger partial charge on any atom is 0.229 e. The van der Waals surface area contributed by atoms with Crippen molar-refractivity contribution in [3.63, 3.8) is 0 Å². The van der Waals surface area contributed by atoms with Crippen LogP contribution in [0.15, 0.2) is 5.16 Å². The lowest BCUT2D eigenvalue weighted by atomic mass is 9.44. The Morgan fingerprint density at radius 2 is 1.63 bits per heavy atom. The molecule has 30 heavy (non-hydrogen) atoms. The second-order valence-electron chi connectivity index (χ2n) is 11.1. The smallest absolute Gasteiger partial charge is 0.229 e. The fourth-order valence-corrected chi connectivity index (χ4v) is 9.03. The van der Waals surface area contributed by atoms with Crippen LogP contribution in [0.5, 0.6) is 0 Å². The van der Waals surface area contributed by atoms with Crippen LogP contribution in [0.1, 0.15) is 65.2 Å². The predicted molar refractivity (Wildman–Crippen MR) is 111 cm³/mol. The lowest BCUT2D eigenvalue weighted by molar-refractivity contribution is -0.474. The van der Waals surface area contributed by atoms with E-state index < -0.39 is 11.6 Å². The Kier molecular flexibility index (Phi) is 4.43. The number of rotatable bonds is 1. The molecule has 4 aliphatic carbocycles. The highest BCUT2D eigenvalue weighted by Gasteiger charge is 2.79. The normalized spacial score (nSPS) is 56.3. The first-order valence-corrected chi connectivity index (χ1v) is 12.2. The summed E-state index contributed by atoms with van der Waals surface area (Å²) >= 11 is 0. The van der Waals surface area contributed by atoms with Crippen molar-refractivity contribution >= 4 is 5.71 Å². The summed E-state index contributed by atoms with van der Waals surface area (Å²) < 4.78 is 25.8. The summed E-state index contributed by atoms with van der Waals surface area (Å²) in [6.45, 7) is 7.26. The monoisotopic (exact) mass is 419 g/mol. The van der Waals surface area contributed by atoms with Gasteiger partial charge in [0, 0.05) is 17.8 Å². The zero-order chi connectivity index (χ0) is 20.6. The standard InChI is InChI=1S/C24H37NO5/c1-21-8-5-4-6-18(21)20(25-26-3)14-16-17(21)7-9-22(2)19(16)15-23-24(22,29-12-10-27-23)30-13-11-28-23/h16-19H,4-15H2,1-3H3/t16-,17+,18?,19+,21-,22+,23?,24?/m1/s1. The molecule has 2 heterocycles. The third-order valence-corrected chi connectivity index (χ3v) is 10.2. The van der Waals surface area contributed by atoms with Gasteiger partial charge < -0.3 is 23.8 Å². The molecular weight excluding hydrogens is 382 g/mol. The minimum Gasteiger partial charge on any atom is -0.399 e. The van der Waals surface area contributed by atoms with Gasteiger partial charge in [-0.2, -0.15) is 0 Å². The lowest BCUT2D eigenvalue weighted by Crippen LogP contribution is -2.70. The van der Waals surface area contributed by atoms with Crippen molar-refractivity contribution in [2.24, 2.45) is 39.7 Å². The summed E-state index contributed by atoms with van der Waals surface area (Å²) in [6.07, 6.45) is 9.47. The highest BCUT2D eigenvalue weighted by molar-refractivity contribution is 5.88. The molecule has 6 heteroatoms. The van der Waals surface area contributed by atoms with Crippen LogP contribution in [-0.2, 0) is 23.8 Å². The highest BCUT2D eigenvalue weighted by atomic mass is 16.8. The minimum atomic E-state index is -0.769. The number of hydrogen-bond donors (Lipinski definition) is 0. The number of nitrogens with zero attached hydrogens (tertiary/aromatic N) is 1. The third kappa shape index (κ3) is 2.27. The summed E-state index contributed by atoms with van der Waals surface area (Å²) in [6, 6.07) is 0. The van der Waals surface area contributed by atoms with E-state index in [-0.39, 0.29) is 5.41 Å². The molecule has 6 atom stereocenters. The molecule has 0 spiro atoms. The van der Waals surface area contributed by atoms with Gasteiger partial charge in [0.15, 0.2) is 0 Å². The van der Waals surface area contributed by atoms with Crippen molar-refractivity contribution in [2.45, 2.75) is 76.8 Å². The molecule has 6 rings (SSSR count). The SMILES string of the molecule is CON=C1C[C@@H]2[C@H](CC[C@@]3(C)[C@H]2CC24OCCOC23OCCO4)[C@@]2(C)CCCCC12. The van der Waals surface area contributed by atoms with Crippen molar-refractivity contribution in [1.82, 2.24) is 0 Å². The molecule has 2 saturated heterocycles. The molecule has 6 nitrogen and oxygen atoms in total. The summed E-state index contributed by atoms with van der Waals surface area (Å²) in [7, 11) is 1.70. The molecule has 4 saturated carbocycles. The maximum absolute atomic E-state index is 6.52. The number of fused-ring (bicyclic) bond motifs is 5. The fourth-order valence-electron chi connectivity index (χ4n) is 9.03. The average molecular weight is 420 g/mol. The van der Waals surface area contributed by atoms with Gasteiger partial charge in [-0.05, 0) is 55.3 Å². The molecule has 0 amide bonds. The molecule has 0 bridgehead atoms. The van der Waals surface area contributed by atoms with Gasteiger partial charge in [0.05, 0.1) is 32.1 Å². The zero-order valence-corrected chi connectivity index (χ0v) is 18.8. The van der Waals surface area contributed by atoms with Crippen molar-refractivity contribution in [1.29, 1.82) is 0 Å². The first kappa shape index (κ1) is 20.0. The van der Waals surface area contributed by atoms with Crippen LogP contribution < -0.4 is 0 Å². The van der Waals surface area contributed by atoms with Gasteiger partial charge in [-0.3, -0.25) is 0 Å². The van der Waals surface area contributed by atoms with Crippen LogP contribution in [0.4, 0.5) is 0 Å². The van der Waals surface area contributed by atoms with Crippen LogP contribution in [0.2, 0.25) is 0 Å². The van der Waals surface area contributed by atoms with Gasteiger partial charge in [-0.25, -0.2) is 0 Å². The molecule has 0 aromatic rings. The van der Waals surface area contributed by atoms with Crippen LogP contribution in [0.3, 0.4) is 0 Å². The van der Waals surface area contributed by atoms with Gasteiger partial charge in [-0.1, -0.05) is 31.8 Å². The van der Waals surface area contributed by atoms with Crippen molar-refractivity contribution in [3.8, 4) is 0 Å². The summed E-state index contributed by atoms with van der Waals surface area (Å²) in [5, 5.41) is 4.61. The van der Waals surface area contributed by atoms with E-state index in [0.29, 0.717) is 55.5 Å². The first-order valence-electron chi connectivity index (χ1n) is 12.2. The second-order valence-corrected chi connectivity index (χ2v) is 11.1. The van der Waals surface area contributed by atoms with E-state index in [1.165, 1.54) is 37.8 Å². The lowest BCUT2D eigenvalue weighted by Gasteiger charge is -2.62. The number of oxime groups is 1.